The van der Waals surface area contributed by atoms with E-state index in [-0.39, 0.29) is 37.2 Å². The van der Waals surface area contributed by atoms with Gasteiger partial charge in [0.15, 0.2) is 0 Å². The molecule has 0 aromatic carbocycles. The third-order valence-electron chi connectivity index (χ3n) is 3.84. The van der Waals surface area contributed by atoms with Crippen molar-refractivity contribution in [3.05, 3.63) is 0 Å². The molecule has 0 aromatic rings. The minimum Gasteiger partial charge on any atom is -0.469 e. The van der Waals surface area contributed by atoms with Crippen LogP contribution in [0.4, 0.5) is 0 Å². The second kappa shape index (κ2) is 7.17. The molecule has 0 atom stereocenters. The zero-order valence-corrected chi connectivity index (χ0v) is 11.9. The normalized spacial score (nSPS) is 17.7. The third kappa shape index (κ3) is 3.65. The number of rotatable bonds is 6. The van der Waals surface area contributed by atoms with Crippen LogP contribution in [-0.4, -0.2) is 37.7 Å². The Kier molecular flexibility index (Phi) is 5.85. The van der Waals surface area contributed by atoms with Crippen LogP contribution >= 0.6 is 0 Å². The summed E-state index contributed by atoms with van der Waals surface area (Å²) < 4.78 is 9.10. The summed E-state index contributed by atoms with van der Waals surface area (Å²) in [7, 11) is 2.52. The molecule has 0 amide bonds. The molecule has 0 heterocycles. The van der Waals surface area contributed by atoms with Gasteiger partial charge in [0.25, 0.3) is 0 Å². The van der Waals surface area contributed by atoms with E-state index in [1.54, 1.807) is 0 Å². The summed E-state index contributed by atoms with van der Waals surface area (Å²) in [4.78, 5) is 46.9. The molecule has 1 aliphatic carbocycles. The molecule has 0 radical (unpaired) electrons. The number of hydrogen-bond donors (Lipinski definition) is 0. The van der Waals surface area contributed by atoms with Gasteiger partial charge in [-0.15, -0.1) is 0 Å². The summed E-state index contributed by atoms with van der Waals surface area (Å²) in [6.07, 6.45) is 1.37. The highest BCUT2D eigenvalue weighted by Crippen LogP contribution is 2.39. The first-order chi connectivity index (χ1) is 9.46. The Labute approximate surface area is 117 Å². The average molecular weight is 284 g/mol. The summed E-state index contributed by atoms with van der Waals surface area (Å²) in [5.74, 6) is -1.29. The molecule has 0 spiro atoms. The zero-order valence-electron chi connectivity index (χ0n) is 11.9. The van der Waals surface area contributed by atoms with Gasteiger partial charge in [-0.05, 0) is 19.3 Å². The van der Waals surface area contributed by atoms with Gasteiger partial charge in [-0.2, -0.15) is 0 Å². The number of ether oxygens (including phenoxy) is 2. The van der Waals surface area contributed by atoms with Gasteiger partial charge in [0.2, 0.25) is 0 Å². The highest BCUT2D eigenvalue weighted by molar-refractivity contribution is 6.09. The summed E-state index contributed by atoms with van der Waals surface area (Å²) >= 11 is 0. The number of ketones is 2. The first-order valence-corrected chi connectivity index (χ1v) is 6.66. The van der Waals surface area contributed by atoms with Gasteiger partial charge in [-0.1, -0.05) is 0 Å². The average Bonchev–Trinajstić information content (AvgIpc) is 2.45. The lowest BCUT2D eigenvalue weighted by molar-refractivity contribution is -0.148. The first-order valence-electron chi connectivity index (χ1n) is 6.66. The van der Waals surface area contributed by atoms with E-state index in [0.29, 0.717) is 19.3 Å². The predicted molar refractivity (Wildman–Crippen MR) is 68.8 cm³/mol. The Balaban J connectivity index is 2.86. The molecule has 0 bridgehead atoms. The topological polar surface area (TPSA) is 86.7 Å². The molecule has 6 heteroatoms. The van der Waals surface area contributed by atoms with E-state index in [1.807, 2.05) is 0 Å². The third-order valence-corrected chi connectivity index (χ3v) is 3.84. The first kappa shape index (κ1) is 16.3. The molecule has 1 rings (SSSR count). The van der Waals surface area contributed by atoms with Crippen LogP contribution in [0.2, 0.25) is 0 Å². The molecule has 0 saturated heterocycles. The lowest BCUT2D eigenvalue weighted by Crippen LogP contribution is -2.43. The van der Waals surface area contributed by atoms with Crippen molar-refractivity contribution in [2.45, 2.75) is 44.9 Å². The van der Waals surface area contributed by atoms with Gasteiger partial charge < -0.3 is 9.47 Å². The van der Waals surface area contributed by atoms with Crippen molar-refractivity contribution in [3.63, 3.8) is 0 Å². The fourth-order valence-electron chi connectivity index (χ4n) is 2.56. The number of esters is 2. The van der Waals surface area contributed by atoms with Crippen molar-refractivity contribution >= 4 is 23.5 Å². The quantitative estimate of drug-likeness (QED) is 0.538. The second-order valence-corrected chi connectivity index (χ2v) is 4.93. The molecule has 0 aliphatic heterocycles. The summed E-state index contributed by atoms with van der Waals surface area (Å²) in [5, 5.41) is 0. The largest absolute Gasteiger partial charge is 0.469 e. The van der Waals surface area contributed by atoms with E-state index in [4.69, 9.17) is 0 Å². The van der Waals surface area contributed by atoms with E-state index in [1.165, 1.54) is 14.2 Å². The van der Waals surface area contributed by atoms with Crippen molar-refractivity contribution in [2.75, 3.05) is 14.2 Å². The van der Waals surface area contributed by atoms with Crippen molar-refractivity contribution < 1.29 is 28.7 Å². The molecular formula is C14H20O6. The highest BCUT2D eigenvalue weighted by Gasteiger charge is 2.46. The number of Topliss-reactive ketones (excluding diaryl/α,β-unsaturated/α-hetero) is 2. The zero-order chi connectivity index (χ0) is 15.2. The second-order valence-electron chi connectivity index (χ2n) is 4.93. The van der Waals surface area contributed by atoms with Crippen molar-refractivity contribution in [1.29, 1.82) is 0 Å². The SMILES string of the molecule is COC(=O)CCC1(CCC(=O)OC)C(=O)CCCC1=O. The molecule has 6 nitrogen and oxygen atoms in total. The molecule has 1 saturated carbocycles. The van der Waals surface area contributed by atoms with Crippen LogP contribution < -0.4 is 0 Å². The fraction of sp³-hybridized carbons (Fsp3) is 0.714. The van der Waals surface area contributed by atoms with Crippen LogP contribution in [0.5, 0.6) is 0 Å². The number of carbonyl (C=O) groups excluding carboxylic acids is 4. The lowest BCUT2D eigenvalue weighted by atomic mass is 9.66. The summed E-state index contributed by atoms with van der Waals surface area (Å²) in [5.41, 5.74) is -1.22. The van der Waals surface area contributed by atoms with Crippen LogP contribution in [0.1, 0.15) is 44.9 Å². The van der Waals surface area contributed by atoms with E-state index in [2.05, 4.69) is 9.47 Å². The number of hydrogen-bond acceptors (Lipinski definition) is 6. The Morgan fingerprint density at radius 2 is 1.35 bits per heavy atom. The number of carbonyl (C=O) groups is 4. The Morgan fingerprint density at radius 1 is 0.950 bits per heavy atom. The molecule has 1 aliphatic rings. The Hall–Kier alpha value is -1.72. The van der Waals surface area contributed by atoms with Crippen LogP contribution in [-0.2, 0) is 28.7 Å². The van der Waals surface area contributed by atoms with Crippen LogP contribution in [0.25, 0.3) is 0 Å². The van der Waals surface area contributed by atoms with E-state index in [0.717, 1.165) is 0 Å². The molecule has 0 aromatic heterocycles. The van der Waals surface area contributed by atoms with Crippen molar-refractivity contribution in [3.8, 4) is 0 Å². The molecule has 20 heavy (non-hydrogen) atoms. The van der Waals surface area contributed by atoms with Gasteiger partial charge in [0.1, 0.15) is 11.6 Å². The van der Waals surface area contributed by atoms with Gasteiger partial charge >= 0.3 is 11.9 Å². The standard InChI is InChI=1S/C14H20O6/c1-19-12(17)6-8-14(9-7-13(18)20-2)10(15)4-3-5-11(14)16/h3-9H2,1-2H3. The maximum absolute atomic E-state index is 12.2. The van der Waals surface area contributed by atoms with Crippen LogP contribution in [0, 0.1) is 5.41 Å². The maximum Gasteiger partial charge on any atom is 0.305 e. The molecule has 112 valence electrons. The fourth-order valence-corrected chi connectivity index (χ4v) is 2.56. The van der Waals surface area contributed by atoms with Crippen molar-refractivity contribution in [2.24, 2.45) is 5.41 Å². The Bertz CT molecular complexity index is 374. The van der Waals surface area contributed by atoms with Crippen LogP contribution in [0.15, 0.2) is 0 Å². The number of methoxy groups -OCH3 is 2. The highest BCUT2D eigenvalue weighted by atomic mass is 16.5. The van der Waals surface area contributed by atoms with Crippen molar-refractivity contribution in [1.82, 2.24) is 0 Å². The summed E-state index contributed by atoms with van der Waals surface area (Å²) in [6, 6.07) is 0. The predicted octanol–water partition coefficient (Wildman–Crippen LogP) is 1.20. The maximum atomic E-state index is 12.2. The molecular weight excluding hydrogens is 264 g/mol. The van der Waals surface area contributed by atoms with E-state index in [9.17, 15) is 19.2 Å². The molecule has 0 unspecified atom stereocenters. The Morgan fingerprint density at radius 3 is 1.70 bits per heavy atom. The minimum atomic E-state index is -1.22. The van der Waals surface area contributed by atoms with Crippen LogP contribution in [0.3, 0.4) is 0 Å². The van der Waals surface area contributed by atoms with E-state index < -0.39 is 17.4 Å². The van der Waals surface area contributed by atoms with Gasteiger partial charge in [0, 0.05) is 25.7 Å². The molecule has 1 fully saturated rings. The van der Waals surface area contributed by atoms with Gasteiger partial charge in [-0.25, -0.2) is 0 Å². The van der Waals surface area contributed by atoms with E-state index >= 15 is 0 Å². The minimum absolute atomic E-state index is 0.00481. The molecule has 0 N–H and O–H groups in total. The monoisotopic (exact) mass is 284 g/mol. The lowest BCUT2D eigenvalue weighted by Gasteiger charge is -2.33. The summed E-state index contributed by atoms with van der Waals surface area (Å²) in [6.45, 7) is 0. The smallest absolute Gasteiger partial charge is 0.305 e. The van der Waals surface area contributed by atoms with Gasteiger partial charge in [0.05, 0.1) is 19.6 Å². The van der Waals surface area contributed by atoms with Gasteiger partial charge in [-0.3, -0.25) is 19.2 Å².